The van der Waals surface area contributed by atoms with E-state index >= 15 is 0 Å². The Labute approximate surface area is 159 Å². The molecule has 0 aromatic carbocycles. The van der Waals surface area contributed by atoms with Crippen LogP contribution in [0.3, 0.4) is 0 Å². The van der Waals surface area contributed by atoms with Gasteiger partial charge in [-0.2, -0.15) is 9.40 Å². The summed E-state index contributed by atoms with van der Waals surface area (Å²) in [6.07, 6.45) is 3.81. The van der Waals surface area contributed by atoms with Crippen molar-refractivity contribution < 1.29 is 17.6 Å². The van der Waals surface area contributed by atoms with Gasteiger partial charge in [-0.3, -0.25) is 9.89 Å². The molecular weight excluding hydrogens is 368 g/mol. The van der Waals surface area contributed by atoms with Crippen LogP contribution in [-0.4, -0.2) is 48.5 Å². The molecule has 0 radical (unpaired) electrons. The molecule has 3 heterocycles. The predicted molar refractivity (Wildman–Crippen MR) is 100 cm³/mol. The van der Waals surface area contributed by atoms with Crippen LogP contribution in [0.15, 0.2) is 33.9 Å². The summed E-state index contributed by atoms with van der Waals surface area (Å²) in [5, 5.41) is 9.38. The lowest BCUT2D eigenvalue weighted by Gasteiger charge is -2.30. The monoisotopic (exact) mass is 394 g/mol. The quantitative estimate of drug-likeness (QED) is 0.749. The highest BCUT2D eigenvalue weighted by atomic mass is 32.2. The number of hydrogen-bond donors (Lipinski definition) is 2. The number of amides is 1. The Morgan fingerprint density at radius 3 is 2.93 bits per heavy atom. The van der Waals surface area contributed by atoms with Crippen molar-refractivity contribution >= 4 is 15.9 Å². The van der Waals surface area contributed by atoms with Gasteiger partial charge in [-0.25, -0.2) is 8.42 Å². The first-order valence-electron chi connectivity index (χ1n) is 9.25. The van der Waals surface area contributed by atoms with Crippen LogP contribution < -0.4 is 5.32 Å². The van der Waals surface area contributed by atoms with E-state index in [0.717, 1.165) is 6.42 Å². The summed E-state index contributed by atoms with van der Waals surface area (Å²) in [5.41, 5.74) is 0.609. The number of aromatic amines is 1. The van der Waals surface area contributed by atoms with E-state index < -0.39 is 10.0 Å². The number of carbonyl (C=O) groups is 1. The maximum Gasteiger partial charge on any atom is 0.276 e. The Hall–Kier alpha value is -2.13. The largest absolute Gasteiger partial charge is 0.442 e. The molecule has 0 unspecified atom stereocenters. The van der Waals surface area contributed by atoms with E-state index in [9.17, 15) is 13.2 Å². The Kier molecular flexibility index (Phi) is 6.01. The zero-order valence-electron chi connectivity index (χ0n) is 15.6. The number of furan rings is 1. The molecule has 1 amide bonds. The lowest BCUT2D eigenvalue weighted by atomic mass is 9.98. The molecule has 0 spiro atoms. The van der Waals surface area contributed by atoms with Crippen molar-refractivity contribution in [3.63, 3.8) is 0 Å². The minimum atomic E-state index is -3.78. The normalized spacial score (nSPS) is 18.7. The number of sulfonamides is 1. The molecule has 0 aliphatic carbocycles. The molecule has 3 rings (SSSR count). The summed E-state index contributed by atoms with van der Waals surface area (Å²) in [4.78, 5) is 12.4. The molecule has 27 heavy (non-hydrogen) atoms. The minimum Gasteiger partial charge on any atom is -0.442 e. The third-order valence-corrected chi connectivity index (χ3v) is 6.46. The summed E-state index contributed by atoms with van der Waals surface area (Å²) in [7, 11) is -3.78. The number of hydrogen-bond acceptors (Lipinski definition) is 5. The van der Waals surface area contributed by atoms with Crippen molar-refractivity contribution in [1.29, 1.82) is 0 Å². The molecule has 1 aliphatic rings. The first-order chi connectivity index (χ1) is 12.9. The minimum absolute atomic E-state index is 0.0758. The average molecular weight is 394 g/mol. The summed E-state index contributed by atoms with van der Waals surface area (Å²) >= 11 is 0. The molecule has 1 aliphatic heterocycles. The Morgan fingerprint density at radius 1 is 1.41 bits per heavy atom. The molecule has 0 saturated carbocycles. The van der Waals surface area contributed by atoms with Gasteiger partial charge in [-0.15, -0.1) is 0 Å². The second kappa shape index (κ2) is 8.26. The number of nitrogens with zero attached hydrogens (tertiary/aromatic N) is 2. The van der Waals surface area contributed by atoms with E-state index in [0.29, 0.717) is 43.3 Å². The number of carbonyl (C=O) groups excluding carboxylic acids is 1. The summed E-state index contributed by atoms with van der Waals surface area (Å²) in [6, 6.07) is 4.74. The van der Waals surface area contributed by atoms with E-state index in [4.69, 9.17) is 4.42 Å². The molecule has 2 aromatic heterocycles. The van der Waals surface area contributed by atoms with E-state index in [1.807, 2.05) is 0 Å². The van der Waals surface area contributed by atoms with Gasteiger partial charge in [0.25, 0.3) is 10.0 Å². The Bertz CT molecular complexity index is 858. The number of aromatic nitrogens is 2. The summed E-state index contributed by atoms with van der Waals surface area (Å²) in [5.74, 6) is 0.512. The maximum atomic E-state index is 12.9. The van der Waals surface area contributed by atoms with E-state index in [1.165, 1.54) is 10.4 Å². The van der Waals surface area contributed by atoms with Crippen molar-refractivity contribution in [3.05, 3.63) is 24.4 Å². The van der Waals surface area contributed by atoms with Crippen LogP contribution >= 0.6 is 0 Å². The molecule has 2 N–H and O–H groups in total. The van der Waals surface area contributed by atoms with Gasteiger partial charge in [0.1, 0.15) is 5.69 Å². The number of rotatable bonds is 7. The first kappa shape index (κ1) is 19.6. The number of piperidine rings is 1. The van der Waals surface area contributed by atoms with Crippen LogP contribution in [0.25, 0.3) is 11.5 Å². The highest BCUT2D eigenvalue weighted by Crippen LogP contribution is 2.28. The zero-order chi connectivity index (χ0) is 19.4. The SMILES string of the molecule is CC(C)CCNC(=O)[C@H]1CCCN(S(=O)(=O)c2ccc(-c3ccn[nH]3)o2)C1. The van der Waals surface area contributed by atoms with Crippen molar-refractivity contribution in [2.75, 3.05) is 19.6 Å². The van der Waals surface area contributed by atoms with E-state index in [2.05, 4.69) is 29.4 Å². The van der Waals surface area contributed by atoms with Gasteiger partial charge in [-0.05, 0) is 43.4 Å². The third-order valence-electron chi connectivity index (χ3n) is 4.72. The highest BCUT2D eigenvalue weighted by molar-refractivity contribution is 7.89. The smallest absolute Gasteiger partial charge is 0.276 e. The molecule has 1 atom stereocenters. The van der Waals surface area contributed by atoms with Crippen LogP contribution in [0.4, 0.5) is 0 Å². The molecular formula is C18H26N4O4S. The molecule has 1 saturated heterocycles. The molecule has 148 valence electrons. The molecule has 2 aromatic rings. The molecule has 0 bridgehead atoms. The van der Waals surface area contributed by atoms with Crippen molar-refractivity contribution in [2.24, 2.45) is 11.8 Å². The van der Waals surface area contributed by atoms with Gasteiger partial charge in [-0.1, -0.05) is 13.8 Å². The fourth-order valence-electron chi connectivity index (χ4n) is 3.13. The standard InChI is InChI=1S/C18H26N4O4S/c1-13(2)7-9-19-18(23)14-4-3-11-22(12-14)27(24,25)17-6-5-16(26-17)15-8-10-20-21-15/h5-6,8,10,13-14H,3-4,7,9,11-12H2,1-2H3,(H,19,23)(H,20,21)/t14-/m0/s1. The zero-order valence-corrected chi connectivity index (χ0v) is 16.5. The summed E-state index contributed by atoms with van der Waals surface area (Å²) in [6.45, 7) is 5.38. The molecule has 9 heteroatoms. The van der Waals surface area contributed by atoms with Crippen LogP contribution in [0.1, 0.15) is 33.1 Å². The van der Waals surface area contributed by atoms with Crippen LogP contribution in [0, 0.1) is 11.8 Å². The van der Waals surface area contributed by atoms with Crippen molar-refractivity contribution in [3.8, 4) is 11.5 Å². The average Bonchev–Trinajstić information content (AvgIpc) is 3.33. The summed E-state index contributed by atoms with van der Waals surface area (Å²) < 4.78 is 32.7. The van der Waals surface area contributed by atoms with Crippen LogP contribution in [-0.2, 0) is 14.8 Å². The van der Waals surface area contributed by atoms with Crippen molar-refractivity contribution in [1.82, 2.24) is 19.8 Å². The van der Waals surface area contributed by atoms with Gasteiger partial charge < -0.3 is 9.73 Å². The molecule has 1 fully saturated rings. The van der Waals surface area contributed by atoms with Gasteiger partial charge in [0.2, 0.25) is 11.0 Å². The van der Waals surface area contributed by atoms with E-state index in [1.54, 1.807) is 18.3 Å². The topological polar surface area (TPSA) is 108 Å². The van der Waals surface area contributed by atoms with Gasteiger partial charge >= 0.3 is 0 Å². The maximum absolute atomic E-state index is 12.9. The third kappa shape index (κ3) is 4.59. The lowest BCUT2D eigenvalue weighted by molar-refractivity contribution is -0.126. The van der Waals surface area contributed by atoms with Crippen LogP contribution in [0.2, 0.25) is 0 Å². The Balaban J connectivity index is 1.67. The van der Waals surface area contributed by atoms with Gasteiger partial charge in [0.05, 0.1) is 5.92 Å². The number of H-pyrrole nitrogens is 1. The van der Waals surface area contributed by atoms with Gasteiger partial charge in [0.15, 0.2) is 5.76 Å². The lowest BCUT2D eigenvalue weighted by Crippen LogP contribution is -2.45. The predicted octanol–water partition coefficient (Wildman–Crippen LogP) is 2.23. The highest BCUT2D eigenvalue weighted by Gasteiger charge is 2.35. The van der Waals surface area contributed by atoms with Crippen molar-refractivity contribution in [2.45, 2.75) is 38.2 Å². The molecule has 8 nitrogen and oxygen atoms in total. The fourth-order valence-corrected chi connectivity index (χ4v) is 4.56. The second-order valence-electron chi connectivity index (χ2n) is 7.26. The fraction of sp³-hybridized carbons (Fsp3) is 0.556. The Morgan fingerprint density at radius 2 is 2.22 bits per heavy atom. The number of nitrogens with one attached hydrogen (secondary N) is 2. The second-order valence-corrected chi connectivity index (χ2v) is 9.13. The van der Waals surface area contributed by atoms with Crippen LogP contribution in [0.5, 0.6) is 0 Å². The van der Waals surface area contributed by atoms with Gasteiger partial charge in [0, 0.05) is 25.8 Å². The first-order valence-corrected chi connectivity index (χ1v) is 10.7. The van der Waals surface area contributed by atoms with E-state index in [-0.39, 0.29) is 23.5 Å².